The van der Waals surface area contributed by atoms with Gasteiger partial charge in [0.25, 0.3) is 0 Å². The zero-order chi connectivity index (χ0) is 14.5. The highest BCUT2D eigenvalue weighted by atomic mass is 32.2. The molecule has 0 spiro atoms. The number of thiophene rings is 1. The molecule has 0 aliphatic heterocycles. The molecule has 0 bridgehead atoms. The molecule has 0 unspecified atom stereocenters. The Labute approximate surface area is 124 Å². The molecule has 1 atom stereocenters. The van der Waals surface area contributed by atoms with Gasteiger partial charge in [0.2, 0.25) is 5.91 Å². The van der Waals surface area contributed by atoms with Gasteiger partial charge in [0.05, 0.1) is 5.25 Å². The van der Waals surface area contributed by atoms with Crippen LogP contribution in [0.4, 0.5) is 4.79 Å². The quantitative estimate of drug-likeness (QED) is 0.667. The fraction of sp³-hybridized carbons (Fsp3) is 0.333. The van der Waals surface area contributed by atoms with Gasteiger partial charge in [-0.15, -0.1) is 11.3 Å². The van der Waals surface area contributed by atoms with Gasteiger partial charge in [-0.3, -0.25) is 10.1 Å². The van der Waals surface area contributed by atoms with E-state index in [2.05, 4.69) is 20.6 Å². The van der Waals surface area contributed by atoms with E-state index in [1.807, 2.05) is 11.4 Å². The van der Waals surface area contributed by atoms with E-state index in [-0.39, 0.29) is 5.91 Å². The van der Waals surface area contributed by atoms with E-state index in [4.69, 9.17) is 0 Å². The van der Waals surface area contributed by atoms with Gasteiger partial charge in [0.15, 0.2) is 0 Å². The first-order chi connectivity index (χ1) is 9.61. The summed E-state index contributed by atoms with van der Waals surface area (Å²) in [4.78, 5) is 32.4. The number of nitrogens with zero attached hydrogens (tertiary/aromatic N) is 2. The van der Waals surface area contributed by atoms with Crippen LogP contribution in [0.5, 0.6) is 0 Å². The third kappa shape index (κ3) is 3.45. The summed E-state index contributed by atoms with van der Waals surface area (Å²) in [5.41, 5.74) is 0. The van der Waals surface area contributed by atoms with Crippen molar-refractivity contribution in [3.63, 3.8) is 0 Å². The van der Waals surface area contributed by atoms with E-state index in [0.717, 1.165) is 15.2 Å². The molecule has 0 saturated heterocycles. The van der Waals surface area contributed by atoms with E-state index < -0.39 is 11.3 Å². The number of urea groups is 1. The molecule has 2 N–H and O–H groups in total. The Balaban J connectivity index is 2.04. The molecule has 2 rings (SSSR count). The van der Waals surface area contributed by atoms with Crippen molar-refractivity contribution < 1.29 is 9.59 Å². The molecule has 0 aliphatic rings. The van der Waals surface area contributed by atoms with Crippen molar-refractivity contribution in [1.82, 2.24) is 20.6 Å². The molecule has 0 saturated carbocycles. The van der Waals surface area contributed by atoms with Crippen molar-refractivity contribution >= 4 is 45.3 Å². The van der Waals surface area contributed by atoms with E-state index in [9.17, 15) is 9.59 Å². The Hall–Kier alpha value is -1.67. The highest BCUT2D eigenvalue weighted by molar-refractivity contribution is 8.00. The lowest BCUT2D eigenvalue weighted by Crippen LogP contribution is -2.42. The molecule has 106 valence electrons. The van der Waals surface area contributed by atoms with Gasteiger partial charge >= 0.3 is 6.03 Å². The first kappa shape index (κ1) is 14.7. The van der Waals surface area contributed by atoms with Crippen LogP contribution < -0.4 is 10.6 Å². The lowest BCUT2D eigenvalue weighted by atomic mass is 10.4. The SMILES string of the molecule is CCNC(=O)NC(=O)[C@@H](C)Sc1ncnc2sccc12. The number of imide groups is 1. The zero-order valence-corrected chi connectivity index (χ0v) is 12.7. The van der Waals surface area contributed by atoms with Crippen LogP contribution in [0.15, 0.2) is 22.8 Å². The average molecular weight is 310 g/mol. The molecule has 8 heteroatoms. The Morgan fingerprint density at radius 3 is 3.00 bits per heavy atom. The highest BCUT2D eigenvalue weighted by Gasteiger charge is 2.18. The number of carbonyl (C=O) groups excluding carboxylic acids is 2. The Morgan fingerprint density at radius 1 is 1.45 bits per heavy atom. The first-order valence-electron chi connectivity index (χ1n) is 6.05. The van der Waals surface area contributed by atoms with Crippen LogP contribution in [0.3, 0.4) is 0 Å². The first-order valence-corrected chi connectivity index (χ1v) is 7.81. The van der Waals surface area contributed by atoms with Crippen LogP contribution >= 0.6 is 23.1 Å². The lowest BCUT2D eigenvalue weighted by Gasteiger charge is -2.11. The molecule has 2 aromatic rings. The summed E-state index contributed by atoms with van der Waals surface area (Å²) in [5.74, 6) is -0.344. The molecule has 0 radical (unpaired) electrons. The second-order valence-electron chi connectivity index (χ2n) is 3.93. The summed E-state index contributed by atoms with van der Waals surface area (Å²) in [6.45, 7) is 4.00. The van der Waals surface area contributed by atoms with E-state index >= 15 is 0 Å². The van der Waals surface area contributed by atoms with Crippen molar-refractivity contribution in [2.45, 2.75) is 24.1 Å². The van der Waals surface area contributed by atoms with Crippen molar-refractivity contribution in [2.75, 3.05) is 6.54 Å². The highest BCUT2D eigenvalue weighted by Crippen LogP contribution is 2.30. The topological polar surface area (TPSA) is 84.0 Å². The number of hydrogen-bond acceptors (Lipinski definition) is 6. The van der Waals surface area contributed by atoms with Gasteiger partial charge in [-0.05, 0) is 25.3 Å². The molecule has 20 heavy (non-hydrogen) atoms. The molecule has 2 heterocycles. The molecule has 6 nitrogen and oxygen atoms in total. The average Bonchev–Trinajstić information content (AvgIpc) is 2.88. The summed E-state index contributed by atoms with van der Waals surface area (Å²) in [6, 6.07) is 1.45. The number of amides is 3. The lowest BCUT2D eigenvalue weighted by molar-refractivity contribution is -0.119. The van der Waals surface area contributed by atoms with Crippen LogP contribution in [0.2, 0.25) is 0 Å². The second-order valence-corrected chi connectivity index (χ2v) is 6.15. The van der Waals surface area contributed by atoms with Gasteiger partial charge in [-0.1, -0.05) is 11.8 Å². The fourth-order valence-corrected chi connectivity index (χ4v) is 3.20. The standard InChI is InChI=1S/C12H14N4O2S2/c1-3-13-12(18)16-9(17)7(2)20-11-8-4-5-19-10(8)14-6-15-11/h4-7H,3H2,1-2H3,(H2,13,16,17,18)/t7-/m1/s1. The molecular weight excluding hydrogens is 296 g/mol. The van der Waals surface area contributed by atoms with Crippen LogP contribution in [0, 0.1) is 0 Å². The van der Waals surface area contributed by atoms with Crippen LogP contribution in [0.25, 0.3) is 10.2 Å². The number of hydrogen-bond donors (Lipinski definition) is 2. The molecule has 2 aromatic heterocycles. The van der Waals surface area contributed by atoms with Crippen LogP contribution in [-0.4, -0.2) is 33.7 Å². The van der Waals surface area contributed by atoms with Crippen LogP contribution in [0.1, 0.15) is 13.8 Å². The van der Waals surface area contributed by atoms with Gasteiger partial charge in [-0.25, -0.2) is 14.8 Å². The summed E-state index contributed by atoms with van der Waals surface area (Å²) < 4.78 is 0. The monoisotopic (exact) mass is 310 g/mol. The van der Waals surface area contributed by atoms with Crippen molar-refractivity contribution in [1.29, 1.82) is 0 Å². The number of nitrogens with one attached hydrogen (secondary N) is 2. The third-order valence-electron chi connectivity index (χ3n) is 2.46. The van der Waals surface area contributed by atoms with Crippen molar-refractivity contribution in [3.8, 4) is 0 Å². The zero-order valence-electron chi connectivity index (χ0n) is 11.0. The van der Waals surface area contributed by atoms with E-state index in [1.165, 1.54) is 29.4 Å². The summed E-state index contributed by atoms with van der Waals surface area (Å²) in [5, 5.41) is 8.00. The maximum atomic E-state index is 11.9. The fourth-order valence-electron chi connectivity index (χ4n) is 1.50. The Kier molecular flexibility index (Phi) is 4.91. The predicted molar refractivity (Wildman–Crippen MR) is 79.9 cm³/mol. The van der Waals surface area contributed by atoms with Crippen molar-refractivity contribution in [2.24, 2.45) is 0 Å². The minimum Gasteiger partial charge on any atom is -0.338 e. The van der Waals surface area contributed by atoms with E-state index in [1.54, 1.807) is 13.8 Å². The molecule has 3 amide bonds. The number of carbonyl (C=O) groups is 2. The number of rotatable bonds is 4. The smallest absolute Gasteiger partial charge is 0.321 e. The number of aromatic nitrogens is 2. The summed E-state index contributed by atoms with van der Waals surface area (Å²) >= 11 is 2.83. The largest absolute Gasteiger partial charge is 0.338 e. The maximum absolute atomic E-state index is 11.9. The summed E-state index contributed by atoms with van der Waals surface area (Å²) in [6.07, 6.45) is 1.48. The molecule has 0 aromatic carbocycles. The van der Waals surface area contributed by atoms with Crippen molar-refractivity contribution in [3.05, 3.63) is 17.8 Å². The number of thioether (sulfide) groups is 1. The minimum absolute atomic E-state index is 0.344. The Morgan fingerprint density at radius 2 is 2.25 bits per heavy atom. The summed E-state index contributed by atoms with van der Waals surface area (Å²) in [7, 11) is 0. The van der Waals surface area contributed by atoms with Gasteiger partial charge < -0.3 is 5.32 Å². The predicted octanol–water partition coefficient (Wildman–Crippen LogP) is 2.02. The maximum Gasteiger partial charge on any atom is 0.321 e. The minimum atomic E-state index is -0.478. The van der Waals surface area contributed by atoms with Gasteiger partial charge in [0, 0.05) is 11.9 Å². The number of fused-ring (bicyclic) bond motifs is 1. The second kappa shape index (κ2) is 6.67. The molecule has 0 aliphatic carbocycles. The van der Waals surface area contributed by atoms with Gasteiger partial charge in [-0.2, -0.15) is 0 Å². The Bertz CT molecular complexity index is 629. The normalized spacial score (nSPS) is 12.1. The van der Waals surface area contributed by atoms with Crippen LogP contribution in [-0.2, 0) is 4.79 Å². The molecule has 0 fully saturated rings. The van der Waals surface area contributed by atoms with Gasteiger partial charge in [0.1, 0.15) is 16.2 Å². The molecular formula is C12H14N4O2S2. The van der Waals surface area contributed by atoms with E-state index in [0.29, 0.717) is 6.54 Å². The third-order valence-corrected chi connectivity index (χ3v) is 4.39.